The van der Waals surface area contributed by atoms with Crippen molar-refractivity contribution in [2.45, 2.75) is 25.3 Å². The molecule has 5 nitrogen and oxygen atoms in total. The molecule has 2 aliphatic heterocycles. The summed E-state index contributed by atoms with van der Waals surface area (Å²) in [6, 6.07) is 8.20. The predicted octanol–water partition coefficient (Wildman–Crippen LogP) is 0.933. The summed E-state index contributed by atoms with van der Waals surface area (Å²) in [4.78, 5) is 25.9. The Morgan fingerprint density at radius 3 is 2.95 bits per heavy atom. The molecule has 0 aliphatic carbocycles. The van der Waals surface area contributed by atoms with Gasteiger partial charge in [0.15, 0.2) is 0 Å². The quantitative estimate of drug-likeness (QED) is 0.800. The van der Waals surface area contributed by atoms with E-state index in [1.54, 1.807) is 4.90 Å². The van der Waals surface area contributed by atoms with Crippen LogP contribution in [0, 0.1) is 0 Å². The van der Waals surface area contributed by atoms with Crippen molar-refractivity contribution < 1.29 is 9.59 Å². The maximum absolute atomic E-state index is 12.7. The second-order valence-electron chi connectivity index (χ2n) is 5.53. The molecule has 0 aromatic heterocycles. The number of carbonyl (C=O) groups is 2. The maximum Gasteiger partial charge on any atom is 0.239 e. The minimum Gasteiger partial charge on any atom is -0.382 e. The lowest BCUT2D eigenvalue weighted by atomic mass is 9.86. The highest BCUT2D eigenvalue weighted by molar-refractivity contribution is 5.91. The minimum absolute atomic E-state index is 0.0696. The Balaban J connectivity index is 1.86. The number of nitrogens with zero attached hydrogens (tertiary/aromatic N) is 1. The van der Waals surface area contributed by atoms with E-state index in [-0.39, 0.29) is 30.3 Å². The third-order valence-electron chi connectivity index (χ3n) is 3.98. The van der Waals surface area contributed by atoms with Crippen molar-refractivity contribution in [3.63, 3.8) is 0 Å². The van der Waals surface area contributed by atoms with E-state index in [1.165, 1.54) is 0 Å². The van der Waals surface area contributed by atoms with Crippen LogP contribution in [-0.4, -0.2) is 42.4 Å². The van der Waals surface area contributed by atoms with Gasteiger partial charge >= 0.3 is 0 Å². The molecule has 0 bridgehead atoms. The van der Waals surface area contributed by atoms with Crippen LogP contribution in [0.2, 0.25) is 0 Å². The molecule has 2 N–H and O–H groups in total. The van der Waals surface area contributed by atoms with Gasteiger partial charge in [-0.05, 0) is 25.0 Å². The average Bonchev–Trinajstić information content (AvgIpc) is 2.45. The summed E-state index contributed by atoms with van der Waals surface area (Å²) in [7, 11) is 0. The molecule has 20 heavy (non-hydrogen) atoms. The lowest BCUT2D eigenvalue weighted by molar-refractivity contribution is -0.139. The van der Waals surface area contributed by atoms with Crippen LogP contribution in [0.15, 0.2) is 24.3 Å². The summed E-state index contributed by atoms with van der Waals surface area (Å²) >= 11 is 0. The van der Waals surface area contributed by atoms with Gasteiger partial charge in [-0.1, -0.05) is 18.2 Å². The number of hydrogen-bond acceptors (Lipinski definition) is 3. The number of fused-ring (bicyclic) bond motifs is 1. The minimum atomic E-state index is -0.145. The van der Waals surface area contributed by atoms with Crippen LogP contribution in [0.4, 0.5) is 5.69 Å². The van der Waals surface area contributed by atoms with Crippen molar-refractivity contribution in [3.05, 3.63) is 29.8 Å². The Kier molecular flexibility index (Phi) is 3.34. The number of carbonyl (C=O) groups excluding carboxylic acids is 2. The predicted molar refractivity (Wildman–Crippen MR) is 76.5 cm³/mol. The van der Waals surface area contributed by atoms with Crippen LogP contribution >= 0.6 is 0 Å². The Labute approximate surface area is 118 Å². The maximum atomic E-state index is 12.7. The third kappa shape index (κ3) is 2.35. The Bertz CT molecular complexity index is 544. The Morgan fingerprint density at radius 1 is 1.35 bits per heavy atom. The zero-order chi connectivity index (χ0) is 14.1. The molecule has 5 heteroatoms. The highest BCUT2D eigenvalue weighted by atomic mass is 16.2. The van der Waals surface area contributed by atoms with Gasteiger partial charge in [0.05, 0.1) is 12.5 Å². The normalized spacial score (nSPS) is 25.4. The van der Waals surface area contributed by atoms with Crippen molar-refractivity contribution in [1.29, 1.82) is 0 Å². The fourth-order valence-electron chi connectivity index (χ4n) is 3.02. The molecule has 1 aromatic carbocycles. The first kappa shape index (κ1) is 13.0. The van der Waals surface area contributed by atoms with E-state index in [1.807, 2.05) is 24.3 Å². The standard InChI is InChI=1S/C15H19N3O2/c1-10-8-12(11-4-2-3-5-13(11)17-10)15(20)18-7-6-16-14(19)9-18/h2-5,10,12,17H,6-9H2,1H3,(H,16,19). The highest BCUT2D eigenvalue weighted by Gasteiger charge is 2.33. The van der Waals surface area contributed by atoms with Gasteiger partial charge in [0.25, 0.3) is 0 Å². The molecule has 1 fully saturated rings. The summed E-state index contributed by atoms with van der Waals surface area (Å²) in [5.41, 5.74) is 2.08. The van der Waals surface area contributed by atoms with Gasteiger partial charge in [-0.15, -0.1) is 0 Å². The first-order chi connectivity index (χ1) is 9.65. The summed E-state index contributed by atoms with van der Waals surface area (Å²) in [6.45, 7) is 3.41. The van der Waals surface area contributed by atoms with E-state index in [9.17, 15) is 9.59 Å². The Hall–Kier alpha value is -2.04. The van der Waals surface area contributed by atoms with Gasteiger partial charge < -0.3 is 15.5 Å². The monoisotopic (exact) mass is 273 g/mol. The molecule has 2 aliphatic rings. The third-order valence-corrected chi connectivity index (χ3v) is 3.98. The van der Waals surface area contributed by atoms with Crippen LogP contribution in [0.5, 0.6) is 0 Å². The number of hydrogen-bond donors (Lipinski definition) is 2. The van der Waals surface area contributed by atoms with Crippen LogP contribution in [-0.2, 0) is 9.59 Å². The summed E-state index contributed by atoms with van der Waals surface area (Å²) in [6.07, 6.45) is 0.772. The molecule has 1 saturated heterocycles. The molecule has 2 heterocycles. The van der Waals surface area contributed by atoms with Crippen molar-refractivity contribution in [2.24, 2.45) is 0 Å². The van der Waals surface area contributed by atoms with Gasteiger partial charge in [-0.3, -0.25) is 9.59 Å². The van der Waals surface area contributed by atoms with Gasteiger partial charge in [0, 0.05) is 24.8 Å². The average molecular weight is 273 g/mol. The largest absolute Gasteiger partial charge is 0.382 e. The molecule has 2 amide bonds. The van der Waals surface area contributed by atoms with E-state index >= 15 is 0 Å². The second kappa shape index (κ2) is 5.15. The zero-order valence-corrected chi connectivity index (χ0v) is 11.6. The van der Waals surface area contributed by atoms with Crippen molar-refractivity contribution in [1.82, 2.24) is 10.2 Å². The van der Waals surface area contributed by atoms with Gasteiger partial charge in [-0.25, -0.2) is 0 Å². The molecule has 0 spiro atoms. The van der Waals surface area contributed by atoms with Crippen molar-refractivity contribution in [3.8, 4) is 0 Å². The second-order valence-corrected chi connectivity index (χ2v) is 5.53. The van der Waals surface area contributed by atoms with Crippen molar-refractivity contribution in [2.75, 3.05) is 25.0 Å². The summed E-state index contributed by atoms with van der Waals surface area (Å²) in [5, 5.41) is 6.16. The topological polar surface area (TPSA) is 61.4 Å². The van der Waals surface area contributed by atoms with E-state index < -0.39 is 0 Å². The molecular weight excluding hydrogens is 254 g/mol. The van der Waals surface area contributed by atoms with Crippen molar-refractivity contribution >= 4 is 17.5 Å². The van der Waals surface area contributed by atoms with Gasteiger partial charge in [-0.2, -0.15) is 0 Å². The SMILES string of the molecule is CC1CC(C(=O)N2CCNC(=O)C2)c2ccccc2N1. The first-order valence-electron chi connectivity index (χ1n) is 7.06. The number of anilines is 1. The van der Waals surface area contributed by atoms with E-state index in [2.05, 4.69) is 17.6 Å². The lowest BCUT2D eigenvalue weighted by Gasteiger charge is -2.35. The van der Waals surface area contributed by atoms with E-state index in [4.69, 9.17) is 0 Å². The summed E-state index contributed by atoms with van der Waals surface area (Å²) in [5.74, 6) is -0.145. The first-order valence-corrected chi connectivity index (χ1v) is 7.06. The van der Waals surface area contributed by atoms with E-state index in [0.717, 1.165) is 17.7 Å². The molecule has 0 saturated carbocycles. The number of para-hydroxylation sites is 1. The molecule has 2 atom stereocenters. The van der Waals surface area contributed by atoms with E-state index in [0.29, 0.717) is 13.1 Å². The van der Waals surface area contributed by atoms with Gasteiger partial charge in [0.2, 0.25) is 11.8 Å². The highest BCUT2D eigenvalue weighted by Crippen LogP contribution is 2.35. The fourth-order valence-corrected chi connectivity index (χ4v) is 3.02. The summed E-state index contributed by atoms with van der Waals surface area (Å²) < 4.78 is 0. The van der Waals surface area contributed by atoms with Crippen LogP contribution in [0.3, 0.4) is 0 Å². The number of rotatable bonds is 1. The van der Waals surface area contributed by atoms with Crippen LogP contribution in [0.1, 0.15) is 24.8 Å². The molecular formula is C15H19N3O2. The molecule has 1 aromatic rings. The number of nitrogens with one attached hydrogen (secondary N) is 2. The lowest BCUT2D eigenvalue weighted by Crippen LogP contribution is -2.51. The molecule has 3 rings (SSSR count). The number of amides is 2. The van der Waals surface area contributed by atoms with Gasteiger partial charge in [0.1, 0.15) is 0 Å². The zero-order valence-electron chi connectivity index (χ0n) is 11.6. The molecule has 0 radical (unpaired) electrons. The number of benzene rings is 1. The van der Waals surface area contributed by atoms with Crippen LogP contribution < -0.4 is 10.6 Å². The molecule has 2 unspecified atom stereocenters. The van der Waals surface area contributed by atoms with Crippen LogP contribution in [0.25, 0.3) is 0 Å². The molecule has 106 valence electrons. The fraction of sp³-hybridized carbons (Fsp3) is 0.467. The number of piperazine rings is 1. The Morgan fingerprint density at radius 2 is 2.15 bits per heavy atom. The smallest absolute Gasteiger partial charge is 0.239 e.